The molecular formula is C19H14Cl2O4. The van der Waals surface area contributed by atoms with Gasteiger partial charge in [-0.25, -0.2) is 4.79 Å². The molecule has 0 unspecified atom stereocenters. The van der Waals surface area contributed by atoms with Crippen LogP contribution in [-0.4, -0.2) is 13.1 Å². The van der Waals surface area contributed by atoms with E-state index < -0.39 is 5.97 Å². The summed E-state index contributed by atoms with van der Waals surface area (Å²) in [6, 6.07) is 15.5. The van der Waals surface area contributed by atoms with Gasteiger partial charge in [0, 0.05) is 5.56 Å². The Balaban J connectivity index is 1.67. The summed E-state index contributed by atoms with van der Waals surface area (Å²) in [5.74, 6) is 1.29. The third-order valence-electron chi connectivity index (χ3n) is 3.55. The summed E-state index contributed by atoms with van der Waals surface area (Å²) in [5, 5.41) is 0.864. The van der Waals surface area contributed by atoms with E-state index in [2.05, 4.69) is 0 Å². The van der Waals surface area contributed by atoms with Crippen LogP contribution in [-0.2, 0) is 11.3 Å². The van der Waals surface area contributed by atoms with Gasteiger partial charge in [-0.05, 0) is 48.5 Å². The van der Waals surface area contributed by atoms with Crippen LogP contribution in [0.4, 0.5) is 0 Å². The van der Waals surface area contributed by atoms with Crippen molar-refractivity contribution in [2.24, 2.45) is 0 Å². The number of ether oxygens (including phenoxy) is 2. The minimum absolute atomic E-state index is 0.0169. The van der Waals surface area contributed by atoms with E-state index in [1.165, 1.54) is 0 Å². The molecule has 0 aliphatic carbocycles. The third-order valence-corrected chi connectivity index (χ3v) is 4.37. The molecule has 3 rings (SSSR count). The zero-order chi connectivity index (χ0) is 17.8. The van der Waals surface area contributed by atoms with Crippen LogP contribution in [0.3, 0.4) is 0 Å². The van der Waals surface area contributed by atoms with Gasteiger partial charge < -0.3 is 13.9 Å². The van der Waals surface area contributed by atoms with E-state index in [1.54, 1.807) is 61.7 Å². The number of furan rings is 1. The average molecular weight is 377 g/mol. The van der Waals surface area contributed by atoms with Crippen molar-refractivity contribution >= 4 is 29.2 Å². The summed E-state index contributed by atoms with van der Waals surface area (Å²) in [5.41, 5.74) is 1.12. The predicted octanol–water partition coefficient (Wildman–Crippen LogP) is 5.62. The fourth-order valence-corrected chi connectivity index (χ4v) is 2.64. The molecule has 0 bridgehead atoms. The van der Waals surface area contributed by atoms with E-state index in [-0.39, 0.29) is 6.61 Å². The molecule has 0 atom stereocenters. The molecule has 128 valence electrons. The number of esters is 1. The summed E-state index contributed by atoms with van der Waals surface area (Å²) < 4.78 is 16.0. The number of hydrogen-bond donors (Lipinski definition) is 0. The Bertz CT molecular complexity index is 885. The highest BCUT2D eigenvalue weighted by Crippen LogP contribution is 2.34. The Morgan fingerprint density at radius 1 is 1.04 bits per heavy atom. The molecule has 0 N–H and O–H groups in total. The smallest absolute Gasteiger partial charge is 0.338 e. The lowest BCUT2D eigenvalue weighted by atomic mass is 10.2. The summed E-state index contributed by atoms with van der Waals surface area (Å²) >= 11 is 12.2. The Morgan fingerprint density at radius 2 is 1.80 bits per heavy atom. The minimum Gasteiger partial charge on any atom is -0.497 e. The van der Waals surface area contributed by atoms with Gasteiger partial charge in [0.15, 0.2) is 0 Å². The Hall–Kier alpha value is -2.43. The zero-order valence-corrected chi connectivity index (χ0v) is 14.8. The molecule has 4 nitrogen and oxygen atoms in total. The molecule has 0 saturated carbocycles. The molecular weight excluding hydrogens is 363 g/mol. The second-order valence-electron chi connectivity index (χ2n) is 5.17. The number of hydrogen-bond acceptors (Lipinski definition) is 4. The van der Waals surface area contributed by atoms with E-state index in [1.807, 2.05) is 0 Å². The topological polar surface area (TPSA) is 48.7 Å². The van der Waals surface area contributed by atoms with Crippen LogP contribution in [0.25, 0.3) is 11.3 Å². The second kappa shape index (κ2) is 7.64. The van der Waals surface area contributed by atoms with Crippen molar-refractivity contribution in [2.75, 3.05) is 7.11 Å². The predicted molar refractivity (Wildman–Crippen MR) is 96.3 cm³/mol. The molecule has 1 aromatic heterocycles. The lowest BCUT2D eigenvalue weighted by molar-refractivity contribution is 0.0446. The van der Waals surface area contributed by atoms with Gasteiger partial charge >= 0.3 is 5.97 Å². The Morgan fingerprint density at radius 3 is 2.52 bits per heavy atom. The number of halogens is 2. The van der Waals surface area contributed by atoms with Gasteiger partial charge in [-0.1, -0.05) is 29.3 Å². The van der Waals surface area contributed by atoms with Crippen LogP contribution >= 0.6 is 23.2 Å². The Kier molecular flexibility index (Phi) is 5.31. The summed E-state index contributed by atoms with van der Waals surface area (Å²) in [6.45, 7) is 0.0169. The molecule has 0 aliphatic rings. The molecule has 0 amide bonds. The van der Waals surface area contributed by atoms with Gasteiger partial charge in [0.25, 0.3) is 0 Å². The molecule has 0 spiro atoms. The lowest BCUT2D eigenvalue weighted by Crippen LogP contribution is -2.04. The highest BCUT2D eigenvalue weighted by molar-refractivity contribution is 6.43. The Labute approximate surface area is 154 Å². The first kappa shape index (κ1) is 17.4. The van der Waals surface area contributed by atoms with Gasteiger partial charge in [0.2, 0.25) is 0 Å². The van der Waals surface area contributed by atoms with Crippen LogP contribution in [0.1, 0.15) is 16.1 Å². The normalized spacial score (nSPS) is 10.5. The minimum atomic E-state index is -0.443. The van der Waals surface area contributed by atoms with Crippen LogP contribution in [0.2, 0.25) is 10.0 Å². The summed E-state index contributed by atoms with van der Waals surface area (Å²) in [6.07, 6.45) is 0. The maximum absolute atomic E-state index is 12.0. The molecule has 1 heterocycles. The lowest BCUT2D eigenvalue weighted by Gasteiger charge is -2.05. The third kappa shape index (κ3) is 3.98. The first-order valence-corrected chi connectivity index (χ1v) is 8.18. The highest BCUT2D eigenvalue weighted by atomic mass is 35.5. The van der Waals surface area contributed by atoms with Gasteiger partial charge in [-0.3, -0.25) is 0 Å². The van der Waals surface area contributed by atoms with Crippen molar-refractivity contribution in [3.05, 3.63) is 76.0 Å². The maximum Gasteiger partial charge on any atom is 0.338 e. The molecule has 25 heavy (non-hydrogen) atoms. The van der Waals surface area contributed by atoms with Crippen molar-refractivity contribution in [1.82, 2.24) is 0 Å². The molecule has 3 aromatic rings. The van der Waals surface area contributed by atoms with E-state index >= 15 is 0 Å². The molecule has 0 fully saturated rings. The van der Waals surface area contributed by atoms with Gasteiger partial charge in [-0.2, -0.15) is 0 Å². The van der Waals surface area contributed by atoms with E-state index in [0.29, 0.717) is 38.4 Å². The molecule has 0 radical (unpaired) electrons. The number of carbonyl (C=O) groups excluding carboxylic acids is 1. The highest BCUT2D eigenvalue weighted by Gasteiger charge is 2.13. The molecule has 0 aliphatic heterocycles. The second-order valence-corrected chi connectivity index (χ2v) is 5.96. The van der Waals surface area contributed by atoms with Crippen LogP contribution in [0.5, 0.6) is 5.75 Å². The number of carbonyl (C=O) groups is 1. The van der Waals surface area contributed by atoms with Crippen LogP contribution in [0, 0.1) is 0 Å². The van der Waals surface area contributed by atoms with Crippen molar-refractivity contribution in [2.45, 2.75) is 6.61 Å². The van der Waals surface area contributed by atoms with E-state index in [9.17, 15) is 4.79 Å². The SMILES string of the molecule is COc1ccc(C(=O)OCc2ccc(-c3cccc(Cl)c3Cl)o2)cc1. The standard InChI is InChI=1S/C19H14Cl2O4/c1-23-13-7-5-12(6-8-13)19(22)24-11-14-9-10-17(25-14)15-3-2-4-16(20)18(15)21/h2-10H,11H2,1H3. The van der Waals surface area contributed by atoms with Crippen LogP contribution in [0.15, 0.2) is 59.0 Å². The molecule has 6 heteroatoms. The first-order chi connectivity index (χ1) is 12.1. The molecule has 0 saturated heterocycles. The van der Waals surface area contributed by atoms with Crippen molar-refractivity contribution in [3.63, 3.8) is 0 Å². The number of rotatable bonds is 5. The van der Waals surface area contributed by atoms with Gasteiger partial charge in [0.05, 0.1) is 22.7 Å². The van der Waals surface area contributed by atoms with Crippen molar-refractivity contribution in [1.29, 1.82) is 0 Å². The van der Waals surface area contributed by atoms with Crippen molar-refractivity contribution < 1.29 is 18.7 Å². The zero-order valence-electron chi connectivity index (χ0n) is 13.3. The van der Waals surface area contributed by atoms with Crippen LogP contribution < -0.4 is 4.74 Å². The summed E-state index contributed by atoms with van der Waals surface area (Å²) in [4.78, 5) is 12.0. The summed E-state index contributed by atoms with van der Waals surface area (Å²) in [7, 11) is 1.56. The largest absolute Gasteiger partial charge is 0.497 e. The fourth-order valence-electron chi connectivity index (χ4n) is 2.24. The van der Waals surface area contributed by atoms with Gasteiger partial charge in [0.1, 0.15) is 23.9 Å². The quantitative estimate of drug-likeness (QED) is 0.542. The fraction of sp³-hybridized carbons (Fsp3) is 0.105. The monoisotopic (exact) mass is 376 g/mol. The number of methoxy groups -OCH3 is 1. The average Bonchev–Trinajstić information content (AvgIpc) is 3.11. The van der Waals surface area contributed by atoms with Gasteiger partial charge in [-0.15, -0.1) is 0 Å². The number of benzene rings is 2. The van der Waals surface area contributed by atoms with E-state index in [0.717, 1.165) is 0 Å². The van der Waals surface area contributed by atoms with Crippen molar-refractivity contribution in [3.8, 4) is 17.1 Å². The van der Waals surface area contributed by atoms with E-state index in [4.69, 9.17) is 37.1 Å². The maximum atomic E-state index is 12.0. The first-order valence-electron chi connectivity index (χ1n) is 7.43. The molecule has 2 aromatic carbocycles.